The van der Waals surface area contributed by atoms with Crippen LogP contribution in [-0.2, 0) is 10.8 Å². The van der Waals surface area contributed by atoms with E-state index in [1.165, 1.54) is 16.7 Å². The molecule has 0 aromatic heterocycles. The van der Waals surface area contributed by atoms with Crippen LogP contribution in [0.4, 0.5) is 11.4 Å². The van der Waals surface area contributed by atoms with Crippen LogP contribution < -0.4 is 20.9 Å². The van der Waals surface area contributed by atoms with E-state index >= 15 is 0 Å². The molecule has 3 rings (SSSR count). The molecule has 4 N–H and O–H groups in total. The summed E-state index contributed by atoms with van der Waals surface area (Å²) in [6.07, 6.45) is 11.0. The van der Waals surface area contributed by atoms with Crippen molar-refractivity contribution in [3.8, 4) is 11.5 Å². The molecule has 0 saturated carbocycles. The molecule has 0 bridgehead atoms. The minimum absolute atomic E-state index is 0.00419. The Hall–Kier alpha value is -2.88. The lowest BCUT2D eigenvalue weighted by molar-refractivity contribution is 0.308. The monoisotopic (exact) mass is 462 g/mol. The minimum atomic E-state index is -0.190. The maximum absolute atomic E-state index is 6.44. The van der Waals surface area contributed by atoms with Crippen LogP contribution in [0.15, 0.2) is 55.6 Å². The van der Waals surface area contributed by atoms with E-state index in [1.54, 1.807) is 0 Å². The molecule has 0 radical (unpaired) electrons. The summed E-state index contributed by atoms with van der Waals surface area (Å²) in [6, 6.07) is 10.5. The largest absolute Gasteiger partial charge is 0.491 e. The molecular formula is C30H42N2O2. The lowest BCUT2D eigenvalue weighted by atomic mass is 9.75. The molecule has 34 heavy (non-hydrogen) atoms. The SMILES string of the molecule is C=CCCCCOc1ccc(C2(C)CC(C)(C)c3cc(N)c(OCCCCC=C)cc32)cc1N. The van der Waals surface area contributed by atoms with Gasteiger partial charge in [-0.2, -0.15) is 0 Å². The zero-order valence-electron chi connectivity index (χ0n) is 21.3. The zero-order valence-corrected chi connectivity index (χ0v) is 21.3. The van der Waals surface area contributed by atoms with Gasteiger partial charge >= 0.3 is 0 Å². The molecule has 1 unspecified atom stereocenters. The Morgan fingerprint density at radius 3 is 1.97 bits per heavy atom. The number of unbranched alkanes of at least 4 members (excludes halogenated alkanes) is 4. The molecule has 4 nitrogen and oxygen atoms in total. The van der Waals surface area contributed by atoms with Gasteiger partial charge in [-0.05, 0) is 91.3 Å². The van der Waals surface area contributed by atoms with Crippen LogP contribution in [0.25, 0.3) is 0 Å². The van der Waals surface area contributed by atoms with E-state index < -0.39 is 0 Å². The van der Waals surface area contributed by atoms with Crippen LogP contribution in [0.3, 0.4) is 0 Å². The molecule has 0 saturated heterocycles. The molecular weight excluding hydrogens is 420 g/mol. The molecule has 4 heteroatoms. The highest BCUT2D eigenvalue weighted by atomic mass is 16.5. The molecule has 2 aromatic carbocycles. The lowest BCUT2D eigenvalue weighted by Crippen LogP contribution is -2.23. The number of rotatable bonds is 13. The summed E-state index contributed by atoms with van der Waals surface area (Å²) >= 11 is 0. The van der Waals surface area contributed by atoms with Gasteiger partial charge in [0.15, 0.2) is 0 Å². The fourth-order valence-corrected chi connectivity index (χ4v) is 5.24. The van der Waals surface area contributed by atoms with Gasteiger partial charge in [0.05, 0.1) is 24.6 Å². The maximum atomic E-state index is 6.44. The Balaban J connectivity index is 1.84. The van der Waals surface area contributed by atoms with Crippen molar-refractivity contribution in [2.45, 2.75) is 76.5 Å². The van der Waals surface area contributed by atoms with Crippen LogP contribution in [0.2, 0.25) is 0 Å². The van der Waals surface area contributed by atoms with Crippen LogP contribution in [0.5, 0.6) is 11.5 Å². The first-order valence-electron chi connectivity index (χ1n) is 12.5. The normalized spacial score (nSPS) is 18.3. The number of nitrogens with two attached hydrogens (primary N) is 2. The van der Waals surface area contributed by atoms with Gasteiger partial charge in [0.1, 0.15) is 11.5 Å². The Bertz CT molecular complexity index is 1010. The maximum Gasteiger partial charge on any atom is 0.142 e. The molecule has 0 aliphatic heterocycles. The average Bonchev–Trinajstić information content (AvgIpc) is 2.99. The van der Waals surface area contributed by atoms with Crippen LogP contribution in [0.1, 0.15) is 82.4 Å². The first-order chi connectivity index (χ1) is 16.2. The van der Waals surface area contributed by atoms with E-state index in [-0.39, 0.29) is 10.8 Å². The van der Waals surface area contributed by atoms with Crippen molar-refractivity contribution < 1.29 is 9.47 Å². The van der Waals surface area contributed by atoms with Crippen molar-refractivity contribution in [3.63, 3.8) is 0 Å². The minimum Gasteiger partial charge on any atom is -0.491 e. The lowest BCUT2D eigenvalue weighted by Gasteiger charge is -2.29. The summed E-state index contributed by atoms with van der Waals surface area (Å²) in [6.45, 7) is 15.7. The standard InChI is InChI=1S/C30H42N2O2/c1-6-8-10-12-16-33-27-15-14-22(18-25(27)31)30(5)21-29(3,4)23-19-26(32)28(20-24(23)30)34-17-13-11-9-7-2/h6-7,14-15,18-20H,1-2,8-13,16-17,21,31-32H2,3-5H3. The number of allylic oxidation sites excluding steroid dienone is 2. The number of hydrogen-bond donors (Lipinski definition) is 2. The molecule has 1 aliphatic carbocycles. The van der Waals surface area contributed by atoms with Crippen LogP contribution in [-0.4, -0.2) is 13.2 Å². The third kappa shape index (κ3) is 5.60. The van der Waals surface area contributed by atoms with E-state index in [0.717, 1.165) is 56.4 Å². The first kappa shape index (κ1) is 25.7. The summed E-state index contributed by atoms with van der Waals surface area (Å²) in [5.74, 6) is 1.53. The fourth-order valence-electron chi connectivity index (χ4n) is 5.24. The molecule has 184 valence electrons. The second kappa shape index (κ2) is 11.0. The molecule has 0 heterocycles. The number of hydrogen-bond acceptors (Lipinski definition) is 4. The van der Waals surface area contributed by atoms with Gasteiger partial charge in [0, 0.05) is 5.41 Å². The number of nitrogen functional groups attached to an aromatic ring is 2. The number of fused-ring (bicyclic) bond motifs is 1. The number of benzene rings is 2. The fraction of sp³-hybridized carbons (Fsp3) is 0.467. The second-order valence-electron chi connectivity index (χ2n) is 10.3. The van der Waals surface area contributed by atoms with Crippen molar-refractivity contribution in [2.24, 2.45) is 0 Å². The predicted molar refractivity (Wildman–Crippen MR) is 145 cm³/mol. The Kier molecular flexibility index (Phi) is 8.35. The topological polar surface area (TPSA) is 70.5 Å². The quantitative estimate of drug-likeness (QED) is 0.186. The van der Waals surface area contributed by atoms with E-state index in [2.05, 4.69) is 58.2 Å². The first-order valence-corrected chi connectivity index (χ1v) is 12.5. The van der Waals surface area contributed by atoms with Crippen molar-refractivity contribution >= 4 is 11.4 Å². The molecule has 1 aliphatic rings. The van der Waals surface area contributed by atoms with E-state index in [4.69, 9.17) is 20.9 Å². The average molecular weight is 463 g/mol. The highest BCUT2D eigenvalue weighted by Gasteiger charge is 2.46. The van der Waals surface area contributed by atoms with Crippen molar-refractivity contribution in [1.82, 2.24) is 0 Å². The van der Waals surface area contributed by atoms with E-state index in [9.17, 15) is 0 Å². The van der Waals surface area contributed by atoms with Gasteiger partial charge in [-0.25, -0.2) is 0 Å². The van der Waals surface area contributed by atoms with E-state index in [1.807, 2.05) is 18.2 Å². The predicted octanol–water partition coefficient (Wildman–Crippen LogP) is 7.31. The van der Waals surface area contributed by atoms with E-state index in [0.29, 0.717) is 24.6 Å². The molecule has 0 amide bonds. The van der Waals surface area contributed by atoms with Crippen molar-refractivity contribution in [1.29, 1.82) is 0 Å². The van der Waals surface area contributed by atoms with Crippen LogP contribution >= 0.6 is 0 Å². The van der Waals surface area contributed by atoms with Gasteiger partial charge in [0.2, 0.25) is 0 Å². The summed E-state index contributed by atoms with van der Waals surface area (Å²) < 4.78 is 12.1. The summed E-state index contributed by atoms with van der Waals surface area (Å²) in [5, 5.41) is 0. The Morgan fingerprint density at radius 1 is 0.794 bits per heavy atom. The second-order valence-corrected chi connectivity index (χ2v) is 10.3. The molecule has 2 aromatic rings. The third-order valence-electron chi connectivity index (χ3n) is 7.04. The highest BCUT2D eigenvalue weighted by molar-refractivity contribution is 5.65. The Labute approximate surface area is 206 Å². The van der Waals surface area contributed by atoms with Gasteiger partial charge in [-0.15, -0.1) is 13.2 Å². The zero-order chi connectivity index (χ0) is 24.8. The van der Waals surface area contributed by atoms with Gasteiger partial charge in [0.25, 0.3) is 0 Å². The van der Waals surface area contributed by atoms with Crippen molar-refractivity contribution in [3.05, 3.63) is 72.3 Å². The summed E-state index contributed by atoms with van der Waals surface area (Å²) in [4.78, 5) is 0. The number of anilines is 2. The third-order valence-corrected chi connectivity index (χ3v) is 7.04. The Morgan fingerprint density at radius 2 is 1.38 bits per heavy atom. The highest BCUT2D eigenvalue weighted by Crippen LogP contribution is 2.55. The molecule has 0 fully saturated rings. The molecule has 1 atom stereocenters. The smallest absolute Gasteiger partial charge is 0.142 e. The van der Waals surface area contributed by atoms with Gasteiger partial charge in [-0.1, -0.05) is 39.0 Å². The number of ether oxygens (including phenoxy) is 2. The van der Waals surface area contributed by atoms with Gasteiger partial charge < -0.3 is 20.9 Å². The van der Waals surface area contributed by atoms with Crippen molar-refractivity contribution in [2.75, 3.05) is 24.7 Å². The van der Waals surface area contributed by atoms with Gasteiger partial charge in [-0.3, -0.25) is 0 Å². The summed E-state index contributed by atoms with van der Waals surface area (Å²) in [5.41, 5.74) is 17.8. The van der Waals surface area contributed by atoms with Crippen LogP contribution in [0, 0.1) is 0 Å². The molecule has 0 spiro atoms. The summed E-state index contributed by atoms with van der Waals surface area (Å²) in [7, 11) is 0.